The van der Waals surface area contributed by atoms with Gasteiger partial charge in [-0.05, 0) is 64.9 Å². The number of hydrogen-bond donors (Lipinski definition) is 2. The van der Waals surface area contributed by atoms with Crippen LogP contribution in [0.1, 0.15) is 59.3 Å². The van der Waals surface area contributed by atoms with Crippen molar-refractivity contribution in [1.29, 1.82) is 0 Å². The van der Waals surface area contributed by atoms with Gasteiger partial charge in [-0.15, -0.1) is 0 Å². The summed E-state index contributed by atoms with van der Waals surface area (Å²) in [4.78, 5) is 0. The van der Waals surface area contributed by atoms with Crippen LogP contribution >= 0.6 is 0 Å². The number of rotatable bonds is 2. The lowest BCUT2D eigenvalue weighted by molar-refractivity contribution is -0.151. The minimum Gasteiger partial charge on any atom is -0.392 e. The number of allylic oxidation sites excluding steroid dienone is 2. The summed E-state index contributed by atoms with van der Waals surface area (Å²) in [5.74, 6) is 0.211. The standard InChI is InChI=1S/C20H32O3/c1-14(2)17-9-7-15(3)6-5-11-20(4)19(22)10-8-16(13-21)12-18(17)23-20/h6,12,17-19,21-22H,1,5,7-11,13H2,2-4H3/b15-6+,16-12+/t17-,18+,19-,20-/m1/s1. The Morgan fingerprint density at radius 1 is 1.39 bits per heavy atom. The summed E-state index contributed by atoms with van der Waals surface area (Å²) in [6.45, 7) is 10.5. The van der Waals surface area contributed by atoms with Crippen molar-refractivity contribution in [3.63, 3.8) is 0 Å². The van der Waals surface area contributed by atoms with Crippen LogP contribution in [0.25, 0.3) is 0 Å². The molecule has 0 fully saturated rings. The SMILES string of the molecule is C=C(C)[C@H]1CC/C(C)=C/CC[C@@]2(C)O[C@H]1/C=C(/CO)CC[C@H]2O. The summed E-state index contributed by atoms with van der Waals surface area (Å²) in [5, 5.41) is 20.3. The third-order valence-corrected chi connectivity index (χ3v) is 5.46. The fourth-order valence-electron chi connectivity index (χ4n) is 3.70. The molecule has 2 aliphatic rings. The molecule has 0 aromatic heterocycles. The molecule has 0 saturated heterocycles. The van der Waals surface area contributed by atoms with E-state index in [2.05, 4.69) is 32.6 Å². The second-order valence-electron chi connectivity index (χ2n) is 7.51. The van der Waals surface area contributed by atoms with Crippen molar-refractivity contribution in [1.82, 2.24) is 0 Å². The molecular formula is C20H32O3. The normalized spacial score (nSPS) is 40.8. The molecule has 2 aliphatic heterocycles. The van der Waals surface area contributed by atoms with Crippen molar-refractivity contribution >= 4 is 0 Å². The molecule has 0 saturated carbocycles. The van der Waals surface area contributed by atoms with Gasteiger partial charge in [-0.2, -0.15) is 0 Å². The predicted octanol–water partition coefficient (Wildman–Crippen LogP) is 3.92. The number of aliphatic hydroxyl groups is 2. The van der Waals surface area contributed by atoms with Crippen molar-refractivity contribution in [2.75, 3.05) is 6.61 Å². The highest BCUT2D eigenvalue weighted by Crippen LogP contribution is 2.37. The molecule has 2 bridgehead atoms. The van der Waals surface area contributed by atoms with Gasteiger partial charge in [0.25, 0.3) is 0 Å². The first-order valence-electron chi connectivity index (χ1n) is 8.83. The zero-order valence-electron chi connectivity index (χ0n) is 14.8. The molecule has 0 aliphatic carbocycles. The highest BCUT2D eigenvalue weighted by atomic mass is 16.5. The van der Waals surface area contributed by atoms with Crippen molar-refractivity contribution in [3.05, 3.63) is 35.5 Å². The maximum Gasteiger partial charge on any atom is 0.0923 e. The highest BCUT2D eigenvalue weighted by molar-refractivity contribution is 5.16. The molecule has 2 rings (SSSR count). The number of ether oxygens (including phenoxy) is 1. The fourth-order valence-corrected chi connectivity index (χ4v) is 3.70. The molecule has 0 unspecified atom stereocenters. The molecule has 0 aromatic carbocycles. The zero-order chi connectivity index (χ0) is 17.0. The Labute approximate surface area is 140 Å². The number of fused-ring (bicyclic) bond motifs is 2. The fraction of sp³-hybridized carbons (Fsp3) is 0.700. The molecule has 0 amide bonds. The molecule has 2 N–H and O–H groups in total. The summed E-state index contributed by atoms with van der Waals surface area (Å²) < 4.78 is 6.48. The van der Waals surface area contributed by atoms with Crippen molar-refractivity contribution in [2.45, 2.75) is 77.1 Å². The van der Waals surface area contributed by atoms with E-state index < -0.39 is 11.7 Å². The van der Waals surface area contributed by atoms with Crippen LogP contribution in [-0.4, -0.2) is 34.6 Å². The maximum atomic E-state index is 10.7. The lowest BCUT2D eigenvalue weighted by atomic mass is 9.82. The summed E-state index contributed by atoms with van der Waals surface area (Å²) in [6, 6.07) is 0. The van der Waals surface area contributed by atoms with Gasteiger partial charge in [0.2, 0.25) is 0 Å². The van der Waals surface area contributed by atoms with E-state index in [1.54, 1.807) is 0 Å². The van der Waals surface area contributed by atoms with Crippen molar-refractivity contribution in [3.8, 4) is 0 Å². The number of aliphatic hydroxyl groups excluding tert-OH is 2. The summed E-state index contributed by atoms with van der Waals surface area (Å²) in [7, 11) is 0. The first-order valence-corrected chi connectivity index (χ1v) is 8.83. The van der Waals surface area contributed by atoms with Gasteiger partial charge in [0.1, 0.15) is 0 Å². The van der Waals surface area contributed by atoms with Crippen molar-refractivity contribution < 1.29 is 14.9 Å². The molecule has 0 aromatic rings. The van der Waals surface area contributed by atoms with Gasteiger partial charge >= 0.3 is 0 Å². The molecule has 130 valence electrons. The van der Waals surface area contributed by atoms with E-state index in [1.165, 1.54) is 5.57 Å². The second-order valence-corrected chi connectivity index (χ2v) is 7.51. The van der Waals surface area contributed by atoms with E-state index in [-0.39, 0.29) is 18.6 Å². The van der Waals surface area contributed by atoms with E-state index in [1.807, 2.05) is 6.92 Å². The van der Waals surface area contributed by atoms with Gasteiger partial charge in [-0.25, -0.2) is 0 Å². The highest BCUT2D eigenvalue weighted by Gasteiger charge is 2.39. The van der Waals surface area contributed by atoms with Gasteiger partial charge in [-0.1, -0.05) is 29.9 Å². The summed E-state index contributed by atoms with van der Waals surface area (Å²) >= 11 is 0. The minimum absolute atomic E-state index is 0.0329. The molecule has 3 heteroatoms. The van der Waals surface area contributed by atoms with Crippen LogP contribution in [0.15, 0.2) is 35.5 Å². The monoisotopic (exact) mass is 320 g/mol. The summed E-state index contributed by atoms with van der Waals surface area (Å²) in [5.41, 5.74) is 2.92. The molecule has 2 heterocycles. The molecule has 4 atom stereocenters. The molecule has 3 nitrogen and oxygen atoms in total. The van der Waals surface area contributed by atoms with Crippen LogP contribution in [0.2, 0.25) is 0 Å². The smallest absolute Gasteiger partial charge is 0.0923 e. The molecule has 0 spiro atoms. The van der Waals surface area contributed by atoms with Gasteiger partial charge in [0.05, 0.1) is 24.4 Å². The Morgan fingerprint density at radius 3 is 2.78 bits per heavy atom. The number of hydrogen-bond acceptors (Lipinski definition) is 3. The predicted molar refractivity (Wildman–Crippen MR) is 94.2 cm³/mol. The third kappa shape index (κ3) is 4.56. The lowest BCUT2D eigenvalue weighted by Crippen LogP contribution is -2.47. The van der Waals surface area contributed by atoms with Crippen molar-refractivity contribution in [2.24, 2.45) is 5.92 Å². The topological polar surface area (TPSA) is 49.7 Å². The average Bonchev–Trinajstić information content (AvgIpc) is 2.48. The molecule has 23 heavy (non-hydrogen) atoms. The second kappa shape index (κ2) is 7.78. The Morgan fingerprint density at radius 2 is 2.13 bits per heavy atom. The summed E-state index contributed by atoms with van der Waals surface area (Å²) in [6.07, 6.45) is 8.87. The third-order valence-electron chi connectivity index (χ3n) is 5.46. The zero-order valence-corrected chi connectivity index (χ0v) is 14.8. The van der Waals surface area contributed by atoms with Gasteiger partial charge in [-0.3, -0.25) is 0 Å². The van der Waals surface area contributed by atoms with Crippen LogP contribution in [0.4, 0.5) is 0 Å². The first-order chi connectivity index (χ1) is 10.9. The quantitative estimate of drug-likeness (QED) is 0.758. The van der Waals surface area contributed by atoms with E-state index in [0.29, 0.717) is 6.42 Å². The Bertz CT molecular complexity index is 491. The van der Waals surface area contributed by atoms with Gasteiger partial charge in [0.15, 0.2) is 0 Å². The Balaban J connectivity index is 2.43. The minimum atomic E-state index is -0.552. The van der Waals surface area contributed by atoms with E-state index in [0.717, 1.165) is 43.3 Å². The van der Waals surface area contributed by atoms with Gasteiger partial charge < -0.3 is 14.9 Å². The average molecular weight is 320 g/mol. The Kier molecular flexibility index (Phi) is 6.24. The Hall–Kier alpha value is -0.900. The van der Waals surface area contributed by atoms with E-state index >= 15 is 0 Å². The van der Waals surface area contributed by atoms with Crippen LogP contribution < -0.4 is 0 Å². The van der Waals surface area contributed by atoms with E-state index in [9.17, 15) is 10.2 Å². The van der Waals surface area contributed by atoms with Crippen LogP contribution in [0.5, 0.6) is 0 Å². The van der Waals surface area contributed by atoms with Gasteiger partial charge in [0, 0.05) is 5.92 Å². The molecule has 0 radical (unpaired) electrons. The maximum absolute atomic E-state index is 10.7. The van der Waals surface area contributed by atoms with Crippen LogP contribution in [-0.2, 0) is 4.74 Å². The largest absolute Gasteiger partial charge is 0.392 e. The van der Waals surface area contributed by atoms with Crippen LogP contribution in [0.3, 0.4) is 0 Å². The van der Waals surface area contributed by atoms with Crippen LogP contribution in [0, 0.1) is 5.92 Å². The molecular weight excluding hydrogens is 288 g/mol. The van der Waals surface area contributed by atoms with E-state index in [4.69, 9.17) is 4.74 Å². The first kappa shape index (κ1) is 18.4. The lowest BCUT2D eigenvalue weighted by Gasteiger charge is -2.42.